The summed E-state index contributed by atoms with van der Waals surface area (Å²) in [5, 5.41) is 0. The van der Waals surface area contributed by atoms with Crippen molar-refractivity contribution in [3.8, 4) is 11.5 Å². The smallest absolute Gasteiger partial charge is 0.316 e. The zero-order valence-electron chi connectivity index (χ0n) is 19.5. The van der Waals surface area contributed by atoms with Crippen LogP contribution in [0.15, 0.2) is 60.7 Å². The molecule has 0 radical (unpaired) electrons. The summed E-state index contributed by atoms with van der Waals surface area (Å²) in [4.78, 5) is 54.4. The van der Waals surface area contributed by atoms with Gasteiger partial charge in [-0.2, -0.15) is 0 Å². The largest absolute Gasteiger partial charge is 0.495 e. The zero-order valence-corrected chi connectivity index (χ0v) is 19.5. The standard InChI is InChI=1S/C27H26N2O6/c1-16-7-5-10-20-24(16)26(32)29(25(20)31)18-8-6-9-19(14-18)35-27(33)17-13-23(30)28(15-17)21-11-3-4-12-22(21)34-2/h3-9,11-12,14,16-17,20,24H,10,13,15H2,1-2H3/t16-,17-,20-,24+/m1/s1. The summed E-state index contributed by atoms with van der Waals surface area (Å²) in [7, 11) is 1.53. The number of carbonyl (C=O) groups excluding carboxylic acids is 4. The Kier molecular flexibility index (Phi) is 5.88. The van der Waals surface area contributed by atoms with E-state index in [9.17, 15) is 19.2 Å². The minimum atomic E-state index is -0.652. The molecule has 0 saturated carbocycles. The van der Waals surface area contributed by atoms with Gasteiger partial charge in [-0.15, -0.1) is 0 Å². The molecule has 0 bridgehead atoms. The maximum Gasteiger partial charge on any atom is 0.316 e. The Morgan fingerprint density at radius 1 is 1.03 bits per heavy atom. The highest BCUT2D eigenvalue weighted by molar-refractivity contribution is 6.22. The number of rotatable bonds is 5. The van der Waals surface area contributed by atoms with Gasteiger partial charge in [0.2, 0.25) is 17.7 Å². The van der Waals surface area contributed by atoms with Crippen molar-refractivity contribution in [2.45, 2.75) is 19.8 Å². The molecule has 8 nitrogen and oxygen atoms in total. The van der Waals surface area contributed by atoms with Crippen molar-refractivity contribution in [1.29, 1.82) is 0 Å². The number of ether oxygens (including phenoxy) is 2. The zero-order chi connectivity index (χ0) is 24.7. The number of methoxy groups -OCH3 is 1. The monoisotopic (exact) mass is 474 g/mol. The second-order valence-corrected chi connectivity index (χ2v) is 9.16. The second kappa shape index (κ2) is 9.02. The summed E-state index contributed by atoms with van der Waals surface area (Å²) >= 11 is 0. The first-order valence-corrected chi connectivity index (χ1v) is 11.7. The van der Waals surface area contributed by atoms with Gasteiger partial charge < -0.3 is 14.4 Å². The topological polar surface area (TPSA) is 93.2 Å². The number of hydrogen-bond donors (Lipinski definition) is 0. The van der Waals surface area contributed by atoms with Gasteiger partial charge in [0.05, 0.1) is 36.2 Å². The predicted molar refractivity (Wildman–Crippen MR) is 128 cm³/mol. The van der Waals surface area contributed by atoms with Gasteiger partial charge >= 0.3 is 5.97 Å². The molecule has 0 N–H and O–H groups in total. The Balaban J connectivity index is 1.31. The van der Waals surface area contributed by atoms with Gasteiger partial charge in [0, 0.05) is 19.0 Å². The Bertz CT molecular complexity index is 1240. The molecule has 0 unspecified atom stereocenters. The quantitative estimate of drug-likeness (QED) is 0.286. The van der Waals surface area contributed by atoms with Crippen molar-refractivity contribution < 1.29 is 28.7 Å². The summed E-state index contributed by atoms with van der Waals surface area (Å²) in [6.07, 6.45) is 4.50. The third-order valence-electron chi connectivity index (χ3n) is 7.00. The molecule has 2 aromatic rings. The van der Waals surface area contributed by atoms with E-state index in [-0.39, 0.29) is 54.2 Å². The summed E-state index contributed by atoms with van der Waals surface area (Å²) < 4.78 is 10.9. The molecule has 180 valence electrons. The lowest BCUT2D eigenvalue weighted by Crippen LogP contribution is -2.31. The molecular weight excluding hydrogens is 448 g/mol. The number of carbonyl (C=O) groups is 4. The van der Waals surface area contributed by atoms with Gasteiger partial charge in [-0.05, 0) is 36.6 Å². The first-order valence-electron chi connectivity index (χ1n) is 11.7. The van der Waals surface area contributed by atoms with Crippen molar-refractivity contribution in [3.63, 3.8) is 0 Å². The fourth-order valence-corrected chi connectivity index (χ4v) is 5.24. The molecule has 5 rings (SSSR count). The molecule has 4 atom stereocenters. The Hall–Kier alpha value is -3.94. The van der Waals surface area contributed by atoms with Gasteiger partial charge in [-0.25, -0.2) is 4.90 Å². The van der Waals surface area contributed by atoms with Crippen LogP contribution >= 0.6 is 0 Å². The van der Waals surface area contributed by atoms with Crippen molar-refractivity contribution in [3.05, 3.63) is 60.7 Å². The molecule has 2 heterocycles. The number of para-hydroxylation sites is 2. The number of amides is 3. The summed E-state index contributed by atoms with van der Waals surface area (Å²) in [5.41, 5.74) is 0.985. The van der Waals surface area contributed by atoms with Gasteiger partial charge in [0.15, 0.2) is 0 Å². The molecule has 3 amide bonds. The van der Waals surface area contributed by atoms with Gasteiger partial charge in [0.25, 0.3) is 0 Å². The third kappa shape index (κ3) is 3.99. The number of fused-ring (bicyclic) bond motifs is 1. The number of benzene rings is 2. The van der Waals surface area contributed by atoms with Gasteiger partial charge in [-0.3, -0.25) is 19.2 Å². The van der Waals surface area contributed by atoms with E-state index in [0.29, 0.717) is 23.5 Å². The summed E-state index contributed by atoms with van der Waals surface area (Å²) in [6, 6.07) is 13.6. The number of allylic oxidation sites excluding steroid dienone is 2. The molecule has 8 heteroatoms. The lowest BCUT2D eigenvalue weighted by atomic mass is 9.78. The Labute approximate surface area is 203 Å². The van der Waals surface area contributed by atoms with Crippen LogP contribution in [0.4, 0.5) is 11.4 Å². The highest BCUT2D eigenvalue weighted by Gasteiger charge is 2.50. The molecule has 0 spiro atoms. The van der Waals surface area contributed by atoms with E-state index in [1.807, 2.05) is 25.1 Å². The molecular formula is C27H26N2O6. The SMILES string of the molecule is COc1ccccc1N1C[C@H](C(=O)Oc2cccc(N3C(=O)[C@H]4[C@H](C)C=CC[C@H]4C3=O)c2)CC1=O. The molecule has 2 aliphatic heterocycles. The van der Waals surface area contributed by atoms with Crippen LogP contribution in [0.2, 0.25) is 0 Å². The Morgan fingerprint density at radius 3 is 2.60 bits per heavy atom. The molecule has 3 aliphatic rings. The fraction of sp³-hybridized carbons (Fsp3) is 0.333. The van der Waals surface area contributed by atoms with Crippen LogP contribution in [0.1, 0.15) is 19.8 Å². The average molecular weight is 475 g/mol. The van der Waals surface area contributed by atoms with Crippen molar-refractivity contribution in [2.24, 2.45) is 23.7 Å². The van der Waals surface area contributed by atoms with Gasteiger partial charge in [-0.1, -0.05) is 37.3 Å². The van der Waals surface area contributed by atoms with E-state index < -0.39 is 11.9 Å². The van der Waals surface area contributed by atoms with Crippen LogP contribution < -0.4 is 19.3 Å². The molecule has 2 fully saturated rings. The summed E-state index contributed by atoms with van der Waals surface area (Å²) in [6.45, 7) is 2.12. The van der Waals surface area contributed by atoms with Crippen LogP contribution in [0.5, 0.6) is 11.5 Å². The second-order valence-electron chi connectivity index (χ2n) is 9.16. The van der Waals surface area contributed by atoms with E-state index in [1.165, 1.54) is 23.0 Å². The number of imide groups is 1. The fourth-order valence-electron chi connectivity index (χ4n) is 5.24. The average Bonchev–Trinajstić information content (AvgIpc) is 3.37. The lowest BCUT2D eigenvalue weighted by molar-refractivity contribution is -0.139. The van der Waals surface area contributed by atoms with Gasteiger partial charge in [0.1, 0.15) is 11.5 Å². The molecule has 35 heavy (non-hydrogen) atoms. The van der Waals surface area contributed by atoms with Crippen LogP contribution in [-0.2, 0) is 19.2 Å². The highest BCUT2D eigenvalue weighted by atomic mass is 16.5. The van der Waals surface area contributed by atoms with E-state index in [4.69, 9.17) is 9.47 Å². The molecule has 1 aliphatic carbocycles. The van der Waals surface area contributed by atoms with E-state index >= 15 is 0 Å². The van der Waals surface area contributed by atoms with Crippen molar-refractivity contribution in [2.75, 3.05) is 23.5 Å². The number of anilines is 2. The maximum atomic E-state index is 13.1. The Morgan fingerprint density at radius 2 is 1.83 bits per heavy atom. The minimum Gasteiger partial charge on any atom is -0.495 e. The highest BCUT2D eigenvalue weighted by Crippen LogP contribution is 2.41. The van der Waals surface area contributed by atoms with Crippen LogP contribution in [0.3, 0.4) is 0 Å². The molecule has 0 aromatic heterocycles. The molecule has 2 aromatic carbocycles. The lowest BCUT2D eigenvalue weighted by Gasteiger charge is -2.22. The number of hydrogen-bond acceptors (Lipinski definition) is 6. The van der Waals surface area contributed by atoms with E-state index in [2.05, 4.69) is 0 Å². The summed E-state index contributed by atoms with van der Waals surface area (Å²) in [5.74, 6) is -1.82. The maximum absolute atomic E-state index is 13.1. The van der Waals surface area contributed by atoms with Crippen LogP contribution in [-0.4, -0.2) is 37.3 Å². The van der Waals surface area contributed by atoms with Crippen LogP contribution in [0.25, 0.3) is 0 Å². The predicted octanol–water partition coefficient (Wildman–Crippen LogP) is 3.36. The van der Waals surface area contributed by atoms with E-state index in [0.717, 1.165) is 0 Å². The normalized spacial score (nSPS) is 25.7. The first kappa shape index (κ1) is 22.8. The third-order valence-corrected chi connectivity index (χ3v) is 7.00. The van der Waals surface area contributed by atoms with Crippen molar-refractivity contribution >= 4 is 35.1 Å². The number of nitrogens with zero attached hydrogens (tertiary/aromatic N) is 2. The van der Waals surface area contributed by atoms with Crippen molar-refractivity contribution in [1.82, 2.24) is 0 Å². The number of esters is 1. The first-order chi connectivity index (χ1) is 16.9. The molecule has 2 saturated heterocycles. The van der Waals surface area contributed by atoms with Crippen LogP contribution in [0, 0.1) is 23.7 Å². The minimum absolute atomic E-state index is 0.0118. The van der Waals surface area contributed by atoms with E-state index in [1.54, 1.807) is 36.4 Å².